The third-order valence-electron chi connectivity index (χ3n) is 2.58. The van der Waals surface area contributed by atoms with Gasteiger partial charge in [-0.2, -0.15) is 0 Å². The quantitative estimate of drug-likeness (QED) is 0.668. The van der Waals surface area contributed by atoms with Crippen molar-refractivity contribution in [1.29, 1.82) is 0 Å². The van der Waals surface area contributed by atoms with E-state index >= 15 is 0 Å². The maximum Gasteiger partial charge on any atom is 0.240 e. The van der Waals surface area contributed by atoms with Crippen LogP contribution in [0.25, 0.3) is 0 Å². The van der Waals surface area contributed by atoms with Gasteiger partial charge in [-0.15, -0.1) is 6.42 Å². The van der Waals surface area contributed by atoms with Crippen molar-refractivity contribution in [2.75, 3.05) is 19.6 Å². The zero-order chi connectivity index (χ0) is 10.4. The summed E-state index contributed by atoms with van der Waals surface area (Å²) in [5.41, 5.74) is 0. The summed E-state index contributed by atoms with van der Waals surface area (Å²) in [6.07, 6.45) is 8.46. The highest BCUT2D eigenvalue weighted by molar-refractivity contribution is 5.82. The normalized spacial score (nSPS) is 21.3. The summed E-state index contributed by atoms with van der Waals surface area (Å²) in [6.45, 7) is 4.02. The average molecular weight is 194 g/mol. The van der Waals surface area contributed by atoms with E-state index in [9.17, 15) is 4.79 Å². The molecule has 14 heavy (non-hydrogen) atoms. The van der Waals surface area contributed by atoms with Crippen molar-refractivity contribution >= 4 is 5.91 Å². The standard InChI is InChI=1S/C11H18N2O/c1-3-9-13(4-2)11(14)10-7-5-6-8-12-10/h1,10,12H,4-9H2,2H3/t10-/m1/s1. The van der Waals surface area contributed by atoms with Gasteiger partial charge >= 0.3 is 0 Å². The van der Waals surface area contributed by atoms with Crippen LogP contribution in [0.15, 0.2) is 0 Å². The first kappa shape index (κ1) is 11.1. The number of rotatable bonds is 3. The van der Waals surface area contributed by atoms with E-state index in [0.29, 0.717) is 13.1 Å². The molecule has 1 fully saturated rings. The number of nitrogens with one attached hydrogen (secondary N) is 1. The lowest BCUT2D eigenvalue weighted by molar-refractivity contribution is -0.133. The van der Waals surface area contributed by atoms with Crippen molar-refractivity contribution in [1.82, 2.24) is 10.2 Å². The van der Waals surface area contributed by atoms with E-state index in [2.05, 4.69) is 11.2 Å². The van der Waals surface area contributed by atoms with Crippen molar-refractivity contribution < 1.29 is 4.79 Å². The van der Waals surface area contributed by atoms with Crippen molar-refractivity contribution in [3.8, 4) is 12.3 Å². The number of likely N-dealkylation sites (N-methyl/N-ethyl adjacent to an activating group) is 1. The van der Waals surface area contributed by atoms with E-state index in [4.69, 9.17) is 6.42 Å². The van der Waals surface area contributed by atoms with Crippen LogP contribution < -0.4 is 5.32 Å². The number of piperidine rings is 1. The molecule has 0 aliphatic carbocycles. The molecule has 3 heteroatoms. The molecule has 1 aliphatic rings. The van der Waals surface area contributed by atoms with Crippen molar-refractivity contribution in [3.63, 3.8) is 0 Å². The number of terminal acetylenes is 1. The lowest BCUT2D eigenvalue weighted by Gasteiger charge is -2.28. The second-order valence-electron chi connectivity index (χ2n) is 3.56. The molecule has 0 saturated carbocycles. The van der Waals surface area contributed by atoms with E-state index < -0.39 is 0 Å². The molecule has 0 bridgehead atoms. The van der Waals surface area contributed by atoms with E-state index in [0.717, 1.165) is 19.4 Å². The second-order valence-corrected chi connectivity index (χ2v) is 3.56. The number of hydrogen-bond acceptors (Lipinski definition) is 2. The first-order chi connectivity index (χ1) is 6.79. The molecule has 1 atom stereocenters. The first-order valence-electron chi connectivity index (χ1n) is 5.25. The Labute approximate surface area is 85.9 Å². The van der Waals surface area contributed by atoms with Gasteiger partial charge in [0.25, 0.3) is 0 Å². The van der Waals surface area contributed by atoms with Crippen LogP contribution >= 0.6 is 0 Å². The maximum absolute atomic E-state index is 11.9. The summed E-state index contributed by atoms with van der Waals surface area (Å²) in [6, 6.07) is -0.00273. The third kappa shape index (κ3) is 2.74. The second kappa shape index (κ2) is 5.66. The molecule has 1 aliphatic heterocycles. The molecule has 0 aromatic rings. The Morgan fingerprint density at radius 3 is 2.93 bits per heavy atom. The number of carbonyl (C=O) groups is 1. The van der Waals surface area contributed by atoms with Gasteiger partial charge in [0.1, 0.15) is 0 Å². The van der Waals surface area contributed by atoms with Crippen LogP contribution in [0, 0.1) is 12.3 Å². The fraction of sp³-hybridized carbons (Fsp3) is 0.727. The SMILES string of the molecule is C#CCN(CC)C(=O)[C@H]1CCCCN1. The molecule has 0 aromatic carbocycles. The van der Waals surface area contributed by atoms with Crippen LogP contribution in [-0.4, -0.2) is 36.5 Å². The van der Waals surface area contributed by atoms with E-state index in [1.54, 1.807) is 4.90 Å². The van der Waals surface area contributed by atoms with Gasteiger partial charge in [0.2, 0.25) is 5.91 Å². The van der Waals surface area contributed by atoms with Crippen molar-refractivity contribution in [2.45, 2.75) is 32.2 Å². The first-order valence-corrected chi connectivity index (χ1v) is 5.25. The molecular formula is C11H18N2O. The monoisotopic (exact) mass is 194 g/mol. The highest BCUT2D eigenvalue weighted by Crippen LogP contribution is 2.09. The van der Waals surface area contributed by atoms with Crippen molar-refractivity contribution in [2.24, 2.45) is 0 Å². The summed E-state index contributed by atoms with van der Waals surface area (Å²) in [5.74, 6) is 2.67. The fourth-order valence-corrected chi connectivity index (χ4v) is 1.74. The highest BCUT2D eigenvalue weighted by atomic mass is 16.2. The van der Waals surface area contributed by atoms with Gasteiger partial charge in [-0.25, -0.2) is 0 Å². The Kier molecular flexibility index (Phi) is 4.48. The van der Waals surface area contributed by atoms with Gasteiger partial charge < -0.3 is 10.2 Å². The van der Waals surface area contributed by atoms with E-state index in [1.165, 1.54) is 6.42 Å². The molecular weight excluding hydrogens is 176 g/mol. The van der Waals surface area contributed by atoms with Crippen LogP contribution in [-0.2, 0) is 4.79 Å². The van der Waals surface area contributed by atoms with Crippen LogP contribution in [0.4, 0.5) is 0 Å². The molecule has 1 N–H and O–H groups in total. The van der Waals surface area contributed by atoms with Crippen LogP contribution in [0.2, 0.25) is 0 Å². The lowest BCUT2D eigenvalue weighted by atomic mass is 10.0. The van der Waals surface area contributed by atoms with Crippen LogP contribution in [0.3, 0.4) is 0 Å². The Morgan fingerprint density at radius 1 is 1.64 bits per heavy atom. The summed E-state index contributed by atoms with van der Waals surface area (Å²) >= 11 is 0. The molecule has 0 radical (unpaired) electrons. The summed E-state index contributed by atoms with van der Waals surface area (Å²) in [4.78, 5) is 13.6. The highest BCUT2D eigenvalue weighted by Gasteiger charge is 2.23. The van der Waals surface area contributed by atoms with Crippen LogP contribution in [0.5, 0.6) is 0 Å². The molecule has 0 unspecified atom stereocenters. The predicted molar refractivity (Wildman–Crippen MR) is 56.7 cm³/mol. The average Bonchev–Trinajstić information content (AvgIpc) is 2.26. The van der Waals surface area contributed by atoms with Gasteiger partial charge in [0, 0.05) is 6.54 Å². The lowest BCUT2D eigenvalue weighted by Crippen LogP contribution is -2.48. The van der Waals surface area contributed by atoms with Gasteiger partial charge in [-0.1, -0.05) is 12.3 Å². The maximum atomic E-state index is 11.9. The predicted octanol–water partition coefficient (Wildman–Crippen LogP) is 0.610. The number of nitrogens with zero attached hydrogens (tertiary/aromatic N) is 1. The minimum Gasteiger partial charge on any atom is -0.330 e. The number of amides is 1. The topological polar surface area (TPSA) is 32.3 Å². The zero-order valence-electron chi connectivity index (χ0n) is 8.75. The third-order valence-corrected chi connectivity index (χ3v) is 2.58. The Bertz CT molecular complexity index is 226. The summed E-state index contributed by atoms with van der Waals surface area (Å²) in [7, 11) is 0. The number of carbonyl (C=O) groups excluding carboxylic acids is 1. The molecule has 1 rings (SSSR count). The van der Waals surface area contributed by atoms with Gasteiger partial charge in [-0.05, 0) is 26.3 Å². The number of hydrogen-bond donors (Lipinski definition) is 1. The van der Waals surface area contributed by atoms with Crippen LogP contribution in [0.1, 0.15) is 26.2 Å². The molecule has 1 amide bonds. The van der Waals surface area contributed by atoms with Gasteiger partial charge in [0.15, 0.2) is 0 Å². The molecule has 0 aromatic heterocycles. The molecule has 3 nitrogen and oxygen atoms in total. The van der Waals surface area contributed by atoms with Crippen molar-refractivity contribution in [3.05, 3.63) is 0 Å². The Balaban J connectivity index is 2.48. The fourth-order valence-electron chi connectivity index (χ4n) is 1.74. The summed E-state index contributed by atoms with van der Waals surface area (Å²) < 4.78 is 0. The zero-order valence-corrected chi connectivity index (χ0v) is 8.75. The van der Waals surface area contributed by atoms with E-state index in [-0.39, 0.29) is 11.9 Å². The minimum atomic E-state index is -0.00273. The van der Waals surface area contributed by atoms with Gasteiger partial charge in [-0.3, -0.25) is 4.79 Å². The summed E-state index contributed by atoms with van der Waals surface area (Å²) in [5, 5.41) is 3.23. The molecule has 1 heterocycles. The molecule has 0 spiro atoms. The Morgan fingerprint density at radius 2 is 2.43 bits per heavy atom. The smallest absolute Gasteiger partial charge is 0.240 e. The minimum absolute atomic E-state index is 0.00273. The van der Waals surface area contributed by atoms with E-state index in [1.807, 2.05) is 6.92 Å². The molecule has 1 saturated heterocycles. The molecule has 78 valence electrons. The Hall–Kier alpha value is -1.01. The largest absolute Gasteiger partial charge is 0.330 e. The van der Waals surface area contributed by atoms with Gasteiger partial charge in [0.05, 0.1) is 12.6 Å².